The molecule has 2 aromatic rings. The van der Waals surface area contributed by atoms with E-state index in [1.54, 1.807) is 6.07 Å². The van der Waals surface area contributed by atoms with Crippen LogP contribution in [0.25, 0.3) is 0 Å². The van der Waals surface area contributed by atoms with Gasteiger partial charge in [-0.15, -0.1) is 0 Å². The summed E-state index contributed by atoms with van der Waals surface area (Å²) in [5.41, 5.74) is 2.42. The summed E-state index contributed by atoms with van der Waals surface area (Å²) in [5.74, 6) is 0.939. The largest absolute Gasteiger partial charge is 0.387 e. The van der Waals surface area contributed by atoms with Gasteiger partial charge in [-0.3, -0.25) is 4.79 Å². The molecule has 2 N–H and O–H groups in total. The highest BCUT2D eigenvalue weighted by molar-refractivity contribution is 6.30. The summed E-state index contributed by atoms with van der Waals surface area (Å²) in [6.07, 6.45) is 4.80. The van der Waals surface area contributed by atoms with E-state index in [-0.39, 0.29) is 16.8 Å². The van der Waals surface area contributed by atoms with Crippen LogP contribution < -0.4 is 10.2 Å². The van der Waals surface area contributed by atoms with Crippen LogP contribution in [0.15, 0.2) is 24.5 Å². The second-order valence-corrected chi connectivity index (χ2v) is 10.5. The smallest absolute Gasteiger partial charge is 0.230 e. The summed E-state index contributed by atoms with van der Waals surface area (Å²) < 4.78 is 14.2. The SMILES string of the molecule is C[C@@H]1C[C@@H](O)c2ncnc(N3CCN(C(=O)[C@H](CCNCC4CC4)c4ccc(Cl)c(F)c4)CC3)c21. The van der Waals surface area contributed by atoms with E-state index in [0.717, 1.165) is 29.5 Å². The van der Waals surface area contributed by atoms with Gasteiger partial charge in [0, 0.05) is 31.7 Å². The molecule has 0 bridgehead atoms. The number of fused-ring (bicyclic) bond motifs is 1. The van der Waals surface area contributed by atoms with Gasteiger partial charge >= 0.3 is 0 Å². The number of aromatic nitrogens is 2. The van der Waals surface area contributed by atoms with Crippen molar-refractivity contribution in [2.24, 2.45) is 5.92 Å². The lowest BCUT2D eigenvalue weighted by Crippen LogP contribution is -2.50. The average molecular weight is 502 g/mol. The molecule has 7 nitrogen and oxygen atoms in total. The Labute approximate surface area is 210 Å². The van der Waals surface area contributed by atoms with E-state index in [0.29, 0.717) is 51.1 Å². The van der Waals surface area contributed by atoms with Crippen molar-refractivity contribution in [3.05, 3.63) is 52.2 Å². The molecule has 9 heteroatoms. The molecular weight excluding hydrogens is 469 g/mol. The summed E-state index contributed by atoms with van der Waals surface area (Å²) in [6.45, 7) is 6.22. The predicted octanol–water partition coefficient (Wildman–Crippen LogP) is 3.63. The van der Waals surface area contributed by atoms with Crippen LogP contribution in [0.5, 0.6) is 0 Å². The summed E-state index contributed by atoms with van der Waals surface area (Å²) in [7, 11) is 0. The van der Waals surface area contributed by atoms with Gasteiger partial charge in [0.1, 0.15) is 18.0 Å². The molecule has 1 amide bonds. The standard InChI is InChI=1S/C26H33ClFN5O2/c1-16-12-22(34)24-23(16)25(31-15-30-24)32-8-10-33(11-9-32)26(35)19(6-7-29-14-17-2-3-17)18-4-5-20(27)21(28)13-18/h4-5,13,15-17,19,22,29,34H,2-3,6-12,14H2,1H3/t16-,19-,22-/m1/s1. The molecule has 3 aliphatic rings. The Hall–Kier alpha value is -2.29. The van der Waals surface area contributed by atoms with Crippen molar-refractivity contribution in [1.29, 1.82) is 0 Å². The Balaban J connectivity index is 1.27. The van der Waals surface area contributed by atoms with Gasteiger partial charge in [-0.05, 0) is 68.3 Å². The number of hydrogen-bond acceptors (Lipinski definition) is 6. The Morgan fingerprint density at radius 1 is 1.26 bits per heavy atom. The topological polar surface area (TPSA) is 81.6 Å². The Morgan fingerprint density at radius 2 is 2.03 bits per heavy atom. The van der Waals surface area contributed by atoms with Gasteiger partial charge in [-0.25, -0.2) is 14.4 Å². The fourth-order valence-electron chi connectivity index (χ4n) is 5.35. The van der Waals surface area contributed by atoms with Crippen LogP contribution in [-0.2, 0) is 4.79 Å². The van der Waals surface area contributed by atoms with E-state index in [4.69, 9.17) is 11.6 Å². The number of nitrogens with zero attached hydrogens (tertiary/aromatic N) is 4. The van der Waals surface area contributed by atoms with Gasteiger partial charge in [0.25, 0.3) is 0 Å². The normalized spacial score (nSPS) is 22.9. The quantitative estimate of drug-likeness (QED) is 0.538. The van der Waals surface area contributed by atoms with Gasteiger partial charge in [-0.2, -0.15) is 0 Å². The van der Waals surface area contributed by atoms with Crippen molar-refractivity contribution in [2.45, 2.75) is 50.5 Å². The predicted molar refractivity (Wildman–Crippen MR) is 133 cm³/mol. The Kier molecular flexibility index (Phi) is 7.23. The Bertz CT molecular complexity index is 1070. The highest BCUT2D eigenvalue weighted by Gasteiger charge is 2.35. The van der Waals surface area contributed by atoms with E-state index in [2.05, 4.69) is 27.1 Å². The number of piperazine rings is 1. The van der Waals surface area contributed by atoms with Crippen LogP contribution in [0, 0.1) is 11.7 Å². The molecular formula is C26H33ClFN5O2. The lowest BCUT2D eigenvalue weighted by Gasteiger charge is -2.38. The van der Waals surface area contributed by atoms with Gasteiger partial charge in [0.05, 0.1) is 22.7 Å². The molecule has 2 fully saturated rings. The third kappa shape index (κ3) is 5.29. The second kappa shape index (κ2) is 10.4. The van der Waals surface area contributed by atoms with Crippen LogP contribution in [0.2, 0.25) is 5.02 Å². The van der Waals surface area contributed by atoms with Gasteiger partial charge < -0.3 is 20.2 Å². The third-order valence-corrected chi connectivity index (χ3v) is 7.86. The molecule has 188 valence electrons. The van der Waals surface area contributed by atoms with E-state index >= 15 is 0 Å². The highest BCUT2D eigenvalue weighted by atomic mass is 35.5. The van der Waals surface area contributed by atoms with Crippen molar-refractivity contribution < 1.29 is 14.3 Å². The summed E-state index contributed by atoms with van der Waals surface area (Å²) in [5, 5.41) is 13.8. The van der Waals surface area contributed by atoms with Crippen LogP contribution in [0.1, 0.15) is 67.4 Å². The van der Waals surface area contributed by atoms with Gasteiger partial charge in [0.15, 0.2) is 0 Å². The van der Waals surface area contributed by atoms with Gasteiger partial charge in [-0.1, -0.05) is 24.6 Å². The molecule has 1 aromatic carbocycles. The van der Waals surface area contributed by atoms with Crippen molar-refractivity contribution in [3.63, 3.8) is 0 Å². The van der Waals surface area contributed by atoms with Crippen LogP contribution in [0.4, 0.5) is 10.2 Å². The minimum Gasteiger partial charge on any atom is -0.387 e. The van der Waals surface area contributed by atoms with Crippen molar-refractivity contribution in [3.8, 4) is 0 Å². The van der Waals surface area contributed by atoms with E-state index in [1.165, 1.54) is 31.3 Å². The lowest BCUT2D eigenvalue weighted by atomic mass is 9.93. The molecule has 0 unspecified atom stereocenters. The number of nitrogens with one attached hydrogen (secondary N) is 1. The molecule has 0 radical (unpaired) electrons. The number of anilines is 1. The third-order valence-electron chi connectivity index (χ3n) is 7.55. The molecule has 2 aliphatic carbocycles. The van der Waals surface area contributed by atoms with E-state index in [9.17, 15) is 14.3 Å². The zero-order chi connectivity index (χ0) is 24.5. The van der Waals surface area contributed by atoms with Gasteiger partial charge in [0.2, 0.25) is 5.91 Å². The maximum absolute atomic E-state index is 14.2. The van der Waals surface area contributed by atoms with Crippen LogP contribution in [-0.4, -0.2) is 65.2 Å². The molecule has 1 saturated heterocycles. The van der Waals surface area contributed by atoms with Crippen LogP contribution >= 0.6 is 11.6 Å². The number of aliphatic hydroxyl groups excluding tert-OH is 1. The minimum atomic E-state index is -0.543. The maximum Gasteiger partial charge on any atom is 0.230 e. The first-order valence-corrected chi connectivity index (χ1v) is 13.0. The zero-order valence-electron chi connectivity index (χ0n) is 20.1. The molecule has 1 aliphatic heterocycles. The number of rotatable bonds is 8. The number of carbonyl (C=O) groups is 1. The molecule has 1 aromatic heterocycles. The number of halogens is 2. The lowest BCUT2D eigenvalue weighted by molar-refractivity contribution is -0.133. The number of carbonyl (C=O) groups excluding carboxylic acids is 1. The number of aliphatic hydroxyl groups is 1. The maximum atomic E-state index is 14.2. The first kappa shape index (κ1) is 24.4. The molecule has 2 heterocycles. The molecule has 5 rings (SSSR count). The van der Waals surface area contributed by atoms with E-state index < -0.39 is 17.8 Å². The number of amides is 1. The van der Waals surface area contributed by atoms with Crippen molar-refractivity contribution >= 4 is 23.3 Å². The fourth-order valence-corrected chi connectivity index (χ4v) is 5.47. The highest BCUT2D eigenvalue weighted by Crippen LogP contribution is 2.42. The van der Waals surface area contributed by atoms with Crippen LogP contribution in [0.3, 0.4) is 0 Å². The zero-order valence-corrected chi connectivity index (χ0v) is 20.8. The number of hydrogen-bond donors (Lipinski definition) is 2. The average Bonchev–Trinajstić information content (AvgIpc) is 3.64. The summed E-state index contributed by atoms with van der Waals surface area (Å²) in [4.78, 5) is 26.5. The second-order valence-electron chi connectivity index (χ2n) is 10.1. The first-order valence-electron chi connectivity index (χ1n) is 12.6. The fraction of sp³-hybridized carbons (Fsp3) is 0.577. The molecule has 0 spiro atoms. The molecule has 35 heavy (non-hydrogen) atoms. The Morgan fingerprint density at radius 3 is 2.74 bits per heavy atom. The summed E-state index contributed by atoms with van der Waals surface area (Å²) >= 11 is 5.90. The summed E-state index contributed by atoms with van der Waals surface area (Å²) in [6, 6.07) is 4.70. The monoisotopic (exact) mass is 501 g/mol. The van der Waals surface area contributed by atoms with Crippen molar-refractivity contribution in [1.82, 2.24) is 20.2 Å². The molecule has 3 atom stereocenters. The minimum absolute atomic E-state index is 0.0244. The first-order chi connectivity index (χ1) is 16.9. The van der Waals surface area contributed by atoms with E-state index in [1.807, 2.05) is 4.90 Å². The van der Waals surface area contributed by atoms with Crippen molar-refractivity contribution in [2.75, 3.05) is 44.2 Å². The molecule has 1 saturated carbocycles. The number of benzene rings is 1.